The number of hydrogen-bond donors (Lipinski definition) is 2. The third-order valence-electron chi connectivity index (χ3n) is 0.665. The summed E-state index contributed by atoms with van der Waals surface area (Å²) >= 11 is 0. The predicted molar refractivity (Wildman–Crippen MR) is 40.8 cm³/mol. The van der Waals surface area contributed by atoms with E-state index in [9.17, 15) is 16.8 Å². The first-order valence-corrected chi connectivity index (χ1v) is 6.22. The molecule has 0 aromatic heterocycles. The molecular weight excluding hydrogens is 192 g/mol. The summed E-state index contributed by atoms with van der Waals surface area (Å²) in [5, 5.41) is 0. The second-order valence-electron chi connectivity index (χ2n) is 1.96. The Balaban J connectivity index is 4.40. The third-order valence-corrected chi connectivity index (χ3v) is 3.66. The Morgan fingerprint density at radius 3 is 2.00 bits per heavy atom. The van der Waals surface area contributed by atoms with Gasteiger partial charge in [-0.2, -0.15) is 0 Å². The maximum Gasteiger partial charge on any atom is 0.225 e. The second kappa shape index (κ2) is 3.48. The third kappa shape index (κ3) is 6.23. The van der Waals surface area contributed by atoms with Crippen molar-refractivity contribution in [3.8, 4) is 0 Å². The quantitative estimate of drug-likeness (QED) is 0.539. The topological polar surface area (TPSA) is 106 Å². The Labute approximate surface area is 65.9 Å². The standard InChI is InChI=1S/C3H10N2O4S2/c1-10(6,7)5-11(8,9)3-2-4/h5H,2-4H2,1H3. The zero-order valence-corrected chi connectivity index (χ0v) is 7.57. The van der Waals surface area contributed by atoms with Crippen LogP contribution in [-0.4, -0.2) is 35.4 Å². The average Bonchev–Trinajstić information content (AvgIpc) is 1.55. The molecule has 0 saturated carbocycles. The van der Waals surface area contributed by atoms with Gasteiger partial charge >= 0.3 is 0 Å². The Kier molecular flexibility index (Phi) is 3.42. The Hall–Kier alpha value is -0.180. The Morgan fingerprint density at radius 2 is 1.73 bits per heavy atom. The molecule has 0 fully saturated rings. The van der Waals surface area contributed by atoms with Crippen LogP contribution in [-0.2, 0) is 20.0 Å². The van der Waals surface area contributed by atoms with E-state index in [1.807, 2.05) is 0 Å². The van der Waals surface area contributed by atoms with Crippen LogP contribution >= 0.6 is 0 Å². The van der Waals surface area contributed by atoms with Crippen LogP contribution < -0.4 is 9.86 Å². The minimum absolute atomic E-state index is 0.106. The zero-order valence-electron chi connectivity index (χ0n) is 5.94. The molecule has 0 rings (SSSR count). The van der Waals surface area contributed by atoms with Crippen molar-refractivity contribution in [1.82, 2.24) is 4.13 Å². The number of rotatable bonds is 4. The highest BCUT2D eigenvalue weighted by molar-refractivity contribution is 8.04. The number of nitrogens with one attached hydrogen (secondary N) is 1. The molecule has 11 heavy (non-hydrogen) atoms. The van der Waals surface area contributed by atoms with Crippen LogP contribution in [0.15, 0.2) is 0 Å². The summed E-state index contributed by atoms with van der Waals surface area (Å²) in [6.45, 7) is -0.106. The zero-order chi connectivity index (χ0) is 9.12. The lowest BCUT2D eigenvalue weighted by Crippen LogP contribution is -2.33. The molecule has 0 heterocycles. The lowest BCUT2D eigenvalue weighted by atomic mass is 10.8. The van der Waals surface area contributed by atoms with Crippen LogP contribution in [0, 0.1) is 0 Å². The van der Waals surface area contributed by atoms with E-state index in [1.165, 1.54) is 4.13 Å². The number of nitrogens with two attached hydrogens (primary N) is 1. The molecule has 3 N–H and O–H groups in total. The van der Waals surface area contributed by atoms with E-state index in [-0.39, 0.29) is 12.3 Å². The molecule has 8 heteroatoms. The normalized spacial score (nSPS) is 13.3. The van der Waals surface area contributed by atoms with Crippen LogP contribution in [0.1, 0.15) is 0 Å². The summed E-state index contributed by atoms with van der Waals surface area (Å²) in [5.41, 5.74) is 4.92. The van der Waals surface area contributed by atoms with E-state index in [2.05, 4.69) is 0 Å². The SMILES string of the molecule is CS(=O)(=O)NS(=O)(=O)CCN. The first-order chi connectivity index (χ1) is 4.77. The minimum atomic E-state index is -3.75. The lowest BCUT2D eigenvalue weighted by Gasteiger charge is -2.00. The van der Waals surface area contributed by atoms with Gasteiger partial charge in [-0.1, -0.05) is 0 Å². The van der Waals surface area contributed by atoms with Crippen molar-refractivity contribution in [2.24, 2.45) is 5.73 Å². The largest absolute Gasteiger partial charge is 0.329 e. The van der Waals surface area contributed by atoms with Crippen molar-refractivity contribution in [3.63, 3.8) is 0 Å². The molecule has 6 nitrogen and oxygen atoms in total. The van der Waals surface area contributed by atoms with E-state index < -0.39 is 20.0 Å². The summed E-state index contributed by atoms with van der Waals surface area (Å²) in [6.07, 6.45) is 0.765. The summed E-state index contributed by atoms with van der Waals surface area (Å²) in [5.74, 6) is -0.389. The molecule has 0 unspecified atom stereocenters. The lowest BCUT2D eigenvalue weighted by molar-refractivity contribution is 0.580. The molecule has 0 saturated heterocycles. The minimum Gasteiger partial charge on any atom is -0.329 e. The molecular formula is C3H10N2O4S2. The van der Waals surface area contributed by atoms with Gasteiger partial charge in [-0.25, -0.2) is 16.8 Å². The van der Waals surface area contributed by atoms with Gasteiger partial charge in [0.2, 0.25) is 20.0 Å². The van der Waals surface area contributed by atoms with Crippen molar-refractivity contribution >= 4 is 20.0 Å². The van der Waals surface area contributed by atoms with Crippen LogP contribution in [0.25, 0.3) is 0 Å². The van der Waals surface area contributed by atoms with Gasteiger partial charge in [-0.3, -0.25) is 0 Å². The van der Waals surface area contributed by atoms with Gasteiger partial charge in [-0.15, -0.1) is 4.13 Å². The molecule has 0 aromatic carbocycles. The molecule has 0 radical (unpaired) electrons. The van der Waals surface area contributed by atoms with Gasteiger partial charge in [-0.05, 0) is 0 Å². The summed E-state index contributed by atoms with van der Waals surface area (Å²) in [6, 6.07) is 0. The number of sulfonamides is 2. The monoisotopic (exact) mass is 202 g/mol. The molecule has 0 aliphatic heterocycles. The smallest absolute Gasteiger partial charge is 0.225 e. The molecule has 0 amide bonds. The second-order valence-corrected chi connectivity index (χ2v) is 5.81. The fourth-order valence-electron chi connectivity index (χ4n) is 0.427. The van der Waals surface area contributed by atoms with Gasteiger partial charge in [0.05, 0.1) is 12.0 Å². The summed E-state index contributed by atoms with van der Waals surface area (Å²) in [7, 11) is -7.45. The highest BCUT2D eigenvalue weighted by atomic mass is 32.3. The van der Waals surface area contributed by atoms with E-state index in [4.69, 9.17) is 5.73 Å². The molecule has 0 aliphatic carbocycles. The summed E-state index contributed by atoms with van der Waals surface area (Å²) < 4.78 is 43.6. The molecule has 0 atom stereocenters. The van der Waals surface area contributed by atoms with Gasteiger partial charge in [0.1, 0.15) is 0 Å². The van der Waals surface area contributed by atoms with Gasteiger partial charge in [0.25, 0.3) is 0 Å². The van der Waals surface area contributed by atoms with Gasteiger partial charge in [0.15, 0.2) is 0 Å². The van der Waals surface area contributed by atoms with E-state index in [1.54, 1.807) is 0 Å². The molecule has 0 bridgehead atoms. The molecule has 0 aliphatic rings. The maximum absolute atomic E-state index is 10.7. The maximum atomic E-state index is 10.7. The van der Waals surface area contributed by atoms with E-state index in [0.29, 0.717) is 0 Å². The van der Waals surface area contributed by atoms with Crippen molar-refractivity contribution in [2.45, 2.75) is 0 Å². The van der Waals surface area contributed by atoms with Gasteiger partial charge < -0.3 is 5.73 Å². The number of hydrogen-bond acceptors (Lipinski definition) is 5. The Morgan fingerprint density at radius 1 is 1.27 bits per heavy atom. The van der Waals surface area contributed by atoms with Crippen LogP contribution in [0.5, 0.6) is 0 Å². The van der Waals surface area contributed by atoms with Gasteiger partial charge in [0, 0.05) is 6.54 Å². The van der Waals surface area contributed by atoms with Crippen LogP contribution in [0.2, 0.25) is 0 Å². The van der Waals surface area contributed by atoms with Crippen LogP contribution in [0.4, 0.5) is 0 Å². The highest BCUT2D eigenvalue weighted by Gasteiger charge is 2.14. The summed E-state index contributed by atoms with van der Waals surface area (Å²) in [4.78, 5) is 0. The predicted octanol–water partition coefficient (Wildman–Crippen LogP) is -2.18. The van der Waals surface area contributed by atoms with E-state index >= 15 is 0 Å². The molecule has 0 spiro atoms. The first-order valence-electron chi connectivity index (χ1n) is 2.68. The fraction of sp³-hybridized carbons (Fsp3) is 1.00. The Bertz CT molecular complexity index is 302. The fourth-order valence-corrected chi connectivity index (χ4v) is 2.92. The molecule has 68 valence electrons. The highest BCUT2D eigenvalue weighted by Crippen LogP contribution is 1.85. The average molecular weight is 202 g/mol. The van der Waals surface area contributed by atoms with Crippen LogP contribution in [0.3, 0.4) is 0 Å². The van der Waals surface area contributed by atoms with E-state index in [0.717, 1.165) is 6.26 Å². The van der Waals surface area contributed by atoms with Crippen molar-refractivity contribution in [1.29, 1.82) is 0 Å². The van der Waals surface area contributed by atoms with Crippen molar-refractivity contribution in [2.75, 3.05) is 18.6 Å². The first kappa shape index (κ1) is 10.8. The molecule has 0 aromatic rings. The van der Waals surface area contributed by atoms with Crippen molar-refractivity contribution in [3.05, 3.63) is 0 Å². The van der Waals surface area contributed by atoms with Crippen molar-refractivity contribution < 1.29 is 16.8 Å².